The minimum Gasteiger partial charge on any atom is -0.497 e. The molecule has 1 atom stereocenters. The highest BCUT2D eigenvalue weighted by molar-refractivity contribution is 5.26. The topological polar surface area (TPSA) is 51.4 Å². The van der Waals surface area contributed by atoms with Crippen LogP contribution in [0.5, 0.6) is 5.75 Å². The van der Waals surface area contributed by atoms with Gasteiger partial charge in [0.2, 0.25) is 0 Å². The number of ether oxygens (including phenoxy) is 1. The van der Waals surface area contributed by atoms with E-state index in [1.807, 2.05) is 33.0 Å². The number of nitrogens with two attached hydrogens (primary N) is 1. The van der Waals surface area contributed by atoms with E-state index in [-0.39, 0.29) is 6.04 Å². The smallest absolute Gasteiger partial charge is 0.122 e. The molecule has 1 unspecified atom stereocenters. The molecule has 1 heterocycles. The molecule has 1 aromatic heterocycles. The fourth-order valence-electron chi connectivity index (χ4n) is 1.73. The van der Waals surface area contributed by atoms with Gasteiger partial charge in [-0.15, -0.1) is 0 Å². The van der Waals surface area contributed by atoms with E-state index in [0.717, 1.165) is 30.2 Å². The predicted octanol–water partition coefficient (Wildman–Crippen LogP) is 1.18. The van der Waals surface area contributed by atoms with Crippen molar-refractivity contribution in [3.8, 4) is 5.75 Å². The van der Waals surface area contributed by atoms with E-state index in [2.05, 4.69) is 9.88 Å². The standard InChI is InChI=1S/C12H21N3O/c1-9(13)7-15(3)8-11-6-12(16-4)5-10(2)14-11/h5-6,9H,7-8,13H2,1-4H3. The van der Waals surface area contributed by atoms with Crippen LogP contribution in [0.25, 0.3) is 0 Å². The number of likely N-dealkylation sites (N-methyl/N-ethyl adjacent to an activating group) is 1. The van der Waals surface area contributed by atoms with E-state index in [9.17, 15) is 0 Å². The van der Waals surface area contributed by atoms with Gasteiger partial charge in [-0.3, -0.25) is 9.88 Å². The summed E-state index contributed by atoms with van der Waals surface area (Å²) in [5.74, 6) is 0.858. The first-order valence-corrected chi connectivity index (χ1v) is 5.47. The maximum absolute atomic E-state index is 5.75. The number of nitrogens with zero attached hydrogens (tertiary/aromatic N) is 2. The molecule has 0 aliphatic carbocycles. The van der Waals surface area contributed by atoms with Gasteiger partial charge >= 0.3 is 0 Å². The quantitative estimate of drug-likeness (QED) is 0.814. The summed E-state index contributed by atoms with van der Waals surface area (Å²) in [6.07, 6.45) is 0. The Labute approximate surface area is 97.4 Å². The van der Waals surface area contributed by atoms with Crippen molar-refractivity contribution in [2.45, 2.75) is 26.4 Å². The highest BCUT2D eigenvalue weighted by Crippen LogP contribution is 2.14. The fraction of sp³-hybridized carbons (Fsp3) is 0.583. The van der Waals surface area contributed by atoms with Gasteiger partial charge in [0.15, 0.2) is 0 Å². The molecular weight excluding hydrogens is 202 g/mol. The average molecular weight is 223 g/mol. The van der Waals surface area contributed by atoms with Gasteiger partial charge in [0.25, 0.3) is 0 Å². The lowest BCUT2D eigenvalue weighted by Crippen LogP contribution is -2.32. The van der Waals surface area contributed by atoms with E-state index in [1.165, 1.54) is 0 Å². The van der Waals surface area contributed by atoms with Gasteiger partial charge in [-0.05, 0) is 20.9 Å². The van der Waals surface area contributed by atoms with Crippen molar-refractivity contribution in [3.05, 3.63) is 23.5 Å². The van der Waals surface area contributed by atoms with Crippen LogP contribution >= 0.6 is 0 Å². The van der Waals surface area contributed by atoms with Crippen molar-refractivity contribution in [3.63, 3.8) is 0 Å². The number of aryl methyl sites for hydroxylation is 1. The molecule has 0 radical (unpaired) electrons. The van der Waals surface area contributed by atoms with Crippen molar-refractivity contribution in [2.24, 2.45) is 5.73 Å². The zero-order valence-corrected chi connectivity index (χ0v) is 10.5. The Morgan fingerprint density at radius 2 is 2.19 bits per heavy atom. The molecule has 0 fully saturated rings. The van der Waals surface area contributed by atoms with Crippen LogP contribution in [0, 0.1) is 6.92 Å². The minimum absolute atomic E-state index is 0.178. The molecule has 0 aliphatic rings. The van der Waals surface area contributed by atoms with Gasteiger partial charge in [0, 0.05) is 37.0 Å². The summed E-state index contributed by atoms with van der Waals surface area (Å²) in [4.78, 5) is 6.63. The van der Waals surface area contributed by atoms with Crippen molar-refractivity contribution >= 4 is 0 Å². The fourth-order valence-corrected chi connectivity index (χ4v) is 1.73. The first kappa shape index (κ1) is 12.9. The summed E-state index contributed by atoms with van der Waals surface area (Å²) in [5.41, 5.74) is 7.74. The molecule has 0 saturated heterocycles. The van der Waals surface area contributed by atoms with Crippen LogP contribution < -0.4 is 10.5 Å². The molecule has 4 nitrogen and oxygen atoms in total. The van der Waals surface area contributed by atoms with Gasteiger partial charge in [-0.25, -0.2) is 0 Å². The Morgan fingerprint density at radius 3 is 2.75 bits per heavy atom. The first-order valence-electron chi connectivity index (χ1n) is 5.47. The molecule has 4 heteroatoms. The number of hydrogen-bond donors (Lipinski definition) is 1. The van der Waals surface area contributed by atoms with Crippen LogP contribution in [-0.2, 0) is 6.54 Å². The number of hydrogen-bond acceptors (Lipinski definition) is 4. The van der Waals surface area contributed by atoms with E-state index in [4.69, 9.17) is 10.5 Å². The molecule has 90 valence electrons. The van der Waals surface area contributed by atoms with E-state index in [0.29, 0.717) is 0 Å². The van der Waals surface area contributed by atoms with Crippen LogP contribution in [-0.4, -0.2) is 36.6 Å². The van der Waals surface area contributed by atoms with Crippen molar-refractivity contribution in [1.29, 1.82) is 0 Å². The highest BCUT2D eigenvalue weighted by Gasteiger charge is 2.06. The molecular formula is C12H21N3O. The van der Waals surface area contributed by atoms with Gasteiger partial charge in [0.05, 0.1) is 12.8 Å². The lowest BCUT2D eigenvalue weighted by molar-refractivity contribution is 0.305. The molecule has 2 N–H and O–H groups in total. The van der Waals surface area contributed by atoms with E-state index < -0.39 is 0 Å². The summed E-state index contributed by atoms with van der Waals surface area (Å²) >= 11 is 0. The van der Waals surface area contributed by atoms with Gasteiger partial charge in [-0.2, -0.15) is 0 Å². The number of methoxy groups -OCH3 is 1. The lowest BCUT2D eigenvalue weighted by atomic mass is 10.2. The molecule has 0 spiro atoms. The number of aromatic nitrogens is 1. The molecule has 1 rings (SSSR count). The van der Waals surface area contributed by atoms with E-state index >= 15 is 0 Å². The third-order valence-corrected chi connectivity index (χ3v) is 2.25. The zero-order chi connectivity index (χ0) is 12.1. The van der Waals surface area contributed by atoms with Crippen molar-refractivity contribution in [2.75, 3.05) is 20.7 Å². The van der Waals surface area contributed by atoms with Crippen LogP contribution in [0.15, 0.2) is 12.1 Å². The molecule has 16 heavy (non-hydrogen) atoms. The summed E-state index contributed by atoms with van der Waals surface area (Å²) in [5, 5.41) is 0. The number of pyridine rings is 1. The summed E-state index contributed by atoms with van der Waals surface area (Å²) in [7, 11) is 3.71. The first-order chi connectivity index (χ1) is 7.51. The number of rotatable bonds is 5. The minimum atomic E-state index is 0.178. The maximum atomic E-state index is 5.75. The van der Waals surface area contributed by atoms with Gasteiger partial charge < -0.3 is 10.5 Å². The third-order valence-electron chi connectivity index (χ3n) is 2.25. The second-order valence-electron chi connectivity index (χ2n) is 4.31. The van der Waals surface area contributed by atoms with Crippen LogP contribution in [0.1, 0.15) is 18.3 Å². The highest BCUT2D eigenvalue weighted by atomic mass is 16.5. The second kappa shape index (κ2) is 5.82. The predicted molar refractivity (Wildman–Crippen MR) is 65.5 cm³/mol. The Morgan fingerprint density at radius 1 is 1.50 bits per heavy atom. The van der Waals surface area contributed by atoms with Crippen LogP contribution in [0.2, 0.25) is 0 Å². The SMILES string of the molecule is COc1cc(C)nc(CN(C)CC(C)N)c1. The zero-order valence-electron chi connectivity index (χ0n) is 10.5. The van der Waals surface area contributed by atoms with Crippen molar-refractivity contribution < 1.29 is 4.74 Å². The normalized spacial score (nSPS) is 12.9. The van der Waals surface area contributed by atoms with Gasteiger partial charge in [-0.1, -0.05) is 0 Å². The average Bonchev–Trinajstić information content (AvgIpc) is 2.14. The second-order valence-corrected chi connectivity index (χ2v) is 4.31. The Kier molecular flexibility index (Phi) is 4.71. The lowest BCUT2D eigenvalue weighted by Gasteiger charge is -2.18. The van der Waals surface area contributed by atoms with Gasteiger partial charge in [0.1, 0.15) is 5.75 Å². The van der Waals surface area contributed by atoms with Crippen LogP contribution in [0.4, 0.5) is 0 Å². The molecule has 0 aromatic carbocycles. The van der Waals surface area contributed by atoms with E-state index in [1.54, 1.807) is 7.11 Å². The molecule has 0 amide bonds. The maximum Gasteiger partial charge on any atom is 0.122 e. The monoisotopic (exact) mass is 223 g/mol. The Balaban J connectivity index is 2.69. The molecule has 0 bridgehead atoms. The summed E-state index contributed by atoms with van der Waals surface area (Å²) in [6.45, 7) is 5.62. The Bertz CT molecular complexity index is 339. The van der Waals surface area contributed by atoms with Crippen LogP contribution in [0.3, 0.4) is 0 Å². The van der Waals surface area contributed by atoms with Crippen molar-refractivity contribution in [1.82, 2.24) is 9.88 Å². The summed E-state index contributed by atoms with van der Waals surface area (Å²) in [6, 6.07) is 4.07. The molecule has 0 saturated carbocycles. The molecule has 0 aliphatic heterocycles. The Hall–Kier alpha value is -1.13. The molecule has 1 aromatic rings. The largest absolute Gasteiger partial charge is 0.497 e. The summed E-state index contributed by atoms with van der Waals surface area (Å²) < 4.78 is 5.22. The third kappa shape index (κ3) is 4.16.